The molecule has 1 aromatic heterocycles. The van der Waals surface area contributed by atoms with Crippen LogP contribution in [0.5, 0.6) is 5.75 Å². The highest BCUT2D eigenvalue weighted by molar-refractivity contribution is 5.81. The molecule has 1 aliphatic heterocycles. The van der Waals surface area contributed by atoms with Crippen LogP contribution in [0.3, 0.4) is 0 Å². The van der Waals surface area contributed by atoms with Crippen LogP contribution in [-0.4, -0.2) is 28.9 Å². The van der Waals surface area contributed by atoms with Gasteiger partial charge in [-0.05, 0) is 25.1 Å². The van der Waals surface area contributed by atoms with E-state index in [4.69, 9.17) is 9.47 Å². The van der Waals surface area contributed by atoms with Crippen LogP contribution in [-0.2, 0) is 4.74 Å². The number of rotatable bonds is 3. The predicted molar refractivity (Wildman–Crippen MR) is 104 cm³/mol. The van der Waals surface area contributed by atoms with Crippen LogP contribution < -0.4 is 4.74 Å². The quantitative estimate of drug-likeness (QED) is 0.502. The van der Waals surface area contributed by atoms with Crippen molar-refractivity contribution in [2.45, 2.75) is 37.6 Å². The van der Waals surface area contributed by atoms with Gasteiger partial charge in [0.15, 0.2) is 17.2 Å². The number of nitriles is 1. The minimum atomic E-state index is -4.82. The number of nitrogens with one attached hydrogen (secondary N) is 1. The molecule has 1 saturated heterocycles. The molecule has 0 bridgehead atoms. The number of hydrogen-bond acceptors (Lipinski definition) is 4. The maximum absolute atomic E-state index is 14.4. The van der Waals surface area contributed by atoms with Crippen LogP contribution in [0.1, 0.15) is 42.8 Å². The molecule has 3 aromatic rings. The molecular formula is C22H17F6N3O2. The van der Waals surface area contributed by atoms with Gasteiger partial charge in [0.05, 0.1) is 12.6 Å². The average molecular weight is 469 g/mol. The fourth-order valence-electron chi connectivity index (χ4n) is 4.36. The molecule has 1 unspecified atom stereocenters. The standard InChI is InChI=1S/C22H17F6N3O2/c1-9-15(10-4-5-13(24)16(25)18(10)32-3)19(33-21(9,2)22(26,27)28)20-30-14-7-6-12(23)11(8-29)17(14)31-20/h4-7,9,15,19H,1-3H3,(H,30,31)/t9-,15-,19?,21+/m0/s1. The van der Waals surface area contributed by atoms with Crippen molar-refractivity contribution in [1.29, 1.82) is 5.26 Å². The molecule has 2 heterocycles. The maximum Gasteiger partial charge on any atom is 0.417 e. The van der Waals surface area contributed by atoms with Crippen molar-refractivity contribution in [3.05, 3.63) is 58.7 Å². The summed E-state index contributed by atoms with van der Waals surface area (Å²) in [4.78, 5) is 6.94. The summed E-state index contributed by atoms with van der Waals surface area (Å²) in [7, 11) is 1.07. The van der Waals surface area contributed by atoms with Crippen LogP contribution in [0.4, 0.5) is 26.3 Å². The first kappa shape index (κ1) is 22.9. The zero-order chi connectivity index (χ0) is 24.3. The number of fused-ring (bicyclic) bond motifs is 1. The zero-order valence-corrected chi connectivity index (χ0v) is 17.5. The van der Waals surface area contributed by atoms with Crippen molar-refractivity contribution in [1.82, 2.24) is 9.97 Å². The van der Waals surface area contributed by atoms with Gasteiger partial charge in [-0.3, -0.25) is 0 Å². The van der Waals surface area contributed by atoms with Gasteiger partial charge in [-0.2, -0.15) is 22.8 Å². The molecule has 11 heteroatoms. The van der Waals surface area contributed by atoms with Gasteiger partial charge >= 0.3 is 6.18 Å². The van der Waals surface area contributed by atoms with E-state index in [1.54, 1.807) is 6.07 Å². The van der Waals surface area contributed by atoms with Gasteiger partial charge in [0.1, 0.15) is 34.9 Å². The summed E-state index contributed by atoms with van der Waals surface area (Å²) in [6.45, 7) is 2.14. The van der Waals surface area contributed by atoms with E-state index in [1.165, 1.54) is 13.0 Å². The summed E-state index contributed by atoms with van der Waals surface area (Å²) in [5.41, 5.74) is -2.99. The molecule has 1 fully saturated rings. The van der Waals surface area contributed by atoms with E-state index in [0.29, 0.717) is 0 Å². The first-order chi connectivity index (χ1) is 15.4. The van der Waals surface area contributed by atoms with E-state index >= 15 is 0 Å². The highest BCUT2D eigenvalue weighted by Crippen LogP contribution is 2.59. The molecule has 4 atom stereocenters. The summed E-state index contributed by atoms with van der Waals surface area (Å²) in [6, 6.07) is 5.92. The number of ether oxygens (including phenoxy) is 2. The Morgan fingerprint density at radius 3 is 2.42 bits per heavy atom. The van der Waals surface area contributed by atoms with Gasteiger partial charge in [0, 0.05) is 17.4 Å². The molecule has 0 saturated carbocycles. The fourth-order valence-corrected chi connectivity index (χ4v) is 4.36. The second-order valence-electron chi connectivity index (χ2n) is 7.99. The highest BCUT2D eigenvalue weighted by atomic mass is 19.4. The van der Waals surface area contributed by atoms with Gasteiger partial charge < -0.3 is 14.5 Å². The normalized spacial score (nSPS) is 25.4. The maximum atomic E-state index is 14.4. The van der Waals surface area contributed by atoms with Crippen LogP contribution >= 0.6 is 0 Å². The van der Waals surface area contributed by atoms with Gasteiger partial charge in [0.25, 0.3) is 0 Å². The first-order valence-corrected chi connectivity index (χ1v) is 9.79. The lowest BCUT2D eigenvalue weighted by atomic mass is 9.77. The molecule has 0 spiro atoms. The fraction of sp³-hybridized carbons (Fsp3) is 0.364. The van der Waals surface area contributed by atoms with Crippen molar-refractivity contribution in [2.75, 3.05) is 7.11 Å². The summed E-state index contributed by atoms with van der Waals surface area (Å²) in [6.07, 6.45) is -6.24. The predicted octanol–water partition coefficient (Wildman–Crippen LogP) is 5.67. The third kappa shape index (κ3) is 3.31. The van der Waals surface area contributed by atoms with Gasteiger partial charge in [-0.15, -0.1) is 0 Å². The first-order valence-electron chi connectivity index (χ1n) is 9.79. The van der Waals surface area contributed by atoms with Gasteiger partial charge in [0.2, 0.25) is 5.82 Å². The smallest absolute Gasteiger partial charge is 0.417 e. The Balaban J connectivity index is 1.95. The van der Waals surface area contributed by atoms with Gasteiger partial charge in [-0.1, -0.05) is 13.0 Å². The van der Waals surface area contributed by atoms with Crippen LogP contribution in [0.25, 0.3) is 11.0 Å². The van der Waals surface area contributed by atoms with Crippen LogP contribution in [0, 0.1) is 34.7 Å². The molecule has 1 N–H and O–H groups in total. The Morgan fingerprint density at radius 1 is 1.15 bits per heavy atom. The number of hydrogen-bond donors (Lipinski definition) is 1. The Labute approximate surface area is 183 Å². The lowest BCUT2D eigenvalue weighted by Crippen LogP contribution is -2.46. The Hall–Kier alpha value is -3.26. The molecule has 1 aliphatic rings. The molecule has 5 nitrogen and oxygen atoms in total. The Kier molecular flexibility index (Phi) is 5.32. The van der Waals surface area contributed by atoms with E-state index in [0.717, 1.165) is 32.2 Å². The van der Waals surface area contributed by atoms with Crippen molar-refractivity contribution in [3.8, 4) is 11.8 Å². The van der Waals surface area contributed by atoms with Crippen molar-refractivity contribution in [2.24, 2.45) is 5.92 Å². The highest BCUT2D eigenvalue weighted by Gasteiger charge is 2.65. The number of H-pyrrole nitrogens is 1. The van der Waals surface area contributed by atoms with Gasteiger partial charge in [-0.25, -0.2) is 13.8 Å². The van der Waals surface area contributed by atoms with E-state index in [9.17, 15) is 31.6 Å². The summed E-state index contributed by atoms with van der Waals surface area (Å²) < 4.78 is 95.0. The summed E-state index contributed by atoms with van der Waals surface area (Å²) in [5, 5.41) is 9.26. The molecule has 0 radical (unpaired) electrons. The van der Waals surface area contributed by atoms with Crippen molar-refractivity contribution >= 4 is 11.0 Å². The van der Waals surface area contributed by atoms with Crippen LogP contribution in [0.2, 0.25) is 0 Å². The number of aromatic amines is 1. The van der Waals surface area contributed by atoms with E-state index in [2.05, 4.69) is 9.97 Å². The summed E-state index contributed by atoms with van der Waals surface area (Å²) >= 11 is 0. The summed E-state index contributed by atoms with van der Waals surface area (Å²) in [5.74, 6) is -6.56. The molecule has 0 amide bonds. The van der Waals surface area contributed by atoms with E-state index in [-0.39, 0.29) is 28.0 Å². The number of methoxy groups -OCH3 is 1. The number of imidazole rings is 1. The lowest BCUT2D eigenvalue weighted by Gasteiger charge is -2.32. The van der Waals surface area contributed by atoms with E-state index < -0.39 is 52.9 Å². The van der Waals surface area contributed by atoms with Crippen molar-refractivity contribution in [3.63, 3.8) is 0 Å². The van der Waals surface area contributed by atoms with E-state index in [1.807, 2.05) is 0 Å². The Bertz CT molecular complexity index is 1280. The SMILES string of the molecule is COc1c([C@H]2C(c3nc4c(C#N)c(F)ccc4[nH]3)O[C@@](C)(C(F)(F)F)[C@H]2C)ccc(F)c1F. The number of halogens is 6. The third-order valence-corrected chi connectivity index (χ3v) is 6.32. The van der Waals surface area contributed by atoms with Crippen LogP contribution in [0.15, 0.2) is 24.3 Å². The monoisotopic (exact) mass is 469 g/mol. The second kappa shape index (κ2) is 7.66. The Morgan fingerprint density at radius 2 is 1.82 bits per heavy atom. The molecule has 174 valence electrons. The number of benzene rings is 2. The topological polar surface area (TPSA) is 70.9 Å². The number of alkyl halides is 3. The third-order valence-electron chi connectivity index (χ3n) is 6.32. The average Bonchev–Trinajstić information content (AvgIpc) is 3.29. The molecule has 2 aromatic carbocycles. The number of aromatic nitrogens is 2. The largest absolute Gasteiger partial charge is 0.493 e. The second-order valence-corrected chi connectivity index (χ2v) is 7.99. The molecule has 4 rings (SSSR count). The molecule has 33 heavy (non-hydrogen) atoms. The zero-order valence-electron chi connectivity index (χ0n) is 17.5. The molecular weight excluding hydrogens is 452 g/mol. The minimum Gasteiger partial charge on any atom is -0.493 e. The lowest BCUT2D eigenvalue weighted by molar-refractivity contribution is -0.275. The minimum absolute atomic E-state index is 0.0472. The number of nitrogens with zero attached hydrogens (tertiary/aromatic N) is 2. The molecule has 0 aliphatic carbocycles. The van der Waals surface area contributed by atoms with Crippen molar-refractivity contribution < 1.29 is 35.8 Å².